The lowest BCUT2D eigenvalue weighted by Crippen LogP contribution is -2.26. The van der Waals surface area contributed by atoms with Gasteiger partial charge in [-0.15, -0.1) is 0 Å². The van der Waals surface area contributed by atoms with Gasteiger partial charge in [0.05, 0.1) is 12.1 Å². The van der Waals surface area contributed by atoms with E-state index in [1.807, 2.05) is 19.2 Å². The molecule has 2 unspecified atom stereocenters. The van der Waals surface area contributed by atoms with E-state index < -0.39 is 0 Å². The van der Waals surface area contributed by atoms with E-state index in [0.717, 1.165) is 18.8 Å². The van der Waals surface area contributed by atoms with E-state index in [-0.39, 0.29) is 0 Å². The molecule has 94 valence electrons. The quantitative estimate of drug-likeness (QED) is 0.865. The number of hydrogen-bond acceptors (Lipinski definition) is 3. The van der Waals surface area contributed by atoms with Crippen LogP contribution in [0.4, 0.5) is 0 Å². The zero-order chi connectivity index (χ0) is 12.3. The first-order valence-electron chi connectivity index (χ1n) is 5.97. The molecule has 4 heteroatoms. The van der Waals surface area contributed by atoms with Crippen molar-refractivity contribution in [3.8, 4) is 5.75 Å². The fraction of sp³-hybridized carbons (Fsp3) is 0.538. The van der Waals surface area contributed by atoms with Crippen LogP contribution in [0.15, 0.2) is 18.2 Å². The first-order valence-corrected chi connectivity index (χ1v) is 6.35. The van der Waals surface area contributed by atoms with E-state index >= 15 is 0 Å². The molecule has 0 saturated carbocycles. The first kappa shape index (κ1) is 12.7. The summed E-state index contributed by atoms with van der Waals surface area (Å²) in [5.74, 6) is 1.36. The molecule has 0 aliphatic carbocycles. The van der Waals surface area contributed by atoms with Crippen molar-refractivity contribution >= 4 is 11.6 Å². The van der Waals surface area contributed by atoms with Crippen LogP contribution < -0.4 is 15.4 Å². The van der Waals surface area contributed by atoms with Crippen molar-refractivity contribution < 1.29 is 4.74 Å². The highest BCUT2D eigenvalue weighted by molar-refractivity contribution is 6.32. The number of methoxy groups -OCH3 is 1. The molecule has 2 N–H and O–H groups in total. The first-order chi connectivity index (χ1) is 8.26. The molecular formula is C13H19ClN2O. The summed E-state index contributed by atoms with van der Waals surface area (Å²) in [6.45, 7) is 2.17. The second-order valence-corrected chi connectivity index (χ2v) is 4.82. The summed E-state index contributed by atoms with van der Waals surface area (Å²) in [7, 11) is 3.64. The molecule has 2 rings (SSSR count). The van der Waals surface area contributed by atoms with Gasteiger partial charge in [-0.3, -0.25) is 0 Å². The van der Waals surface area contributed by atoms with Crippen LogP contribution in [0.1, 0.15) is 18.0 Å². The van der Waals surface area contributed by atoms with Gasteiger partial charge in [0.15, 0.2) is 0 Å². The van der Waals surface area contributed by atoms with Crippen molar-refractivity contribution in [1.29, 1.82) is 0 Å². The third-order valence-corrected chi connectivity index (χ3v) is 3.71. The Labute approximate surface area is 107 Å². The maximum absolute atomic E-state index is 6.17. The molecule has 1 heterocycles. The minimum atomic E-state index is 0.355. The van der Waals surface area contributed by atoms with E-state index in [0.29, 0.717) is 17.0 Å². The molecule has 1 aliphatic rings. The largest absolute Gasteiger partial charge is 0.495 e. The Morgan fingerprint density at radius 3 is 2.88 bits per heavy atom. The molecule has 17 heavy (non-hydrogen) atoms. The number of halogens is 1. The van der Waals surface area contributed by atoms with E-state index in [1.165, 1.54) is 12.0 Å². The number of benzene rings is 1. The summed E-state index contributed by atoms with van der Waals surface area (Å²) in [6, 6.07) is 6.38. The van der Waals surface area contributed by atoms with E-state index in [4.69, 9.17) is 16.3 Å². The second-order valence-electron chi connectivity index (χ2n) is 4.41. The minimum Gasteiger partial charge on any atom is -0.495 e. The summed E-state index contributed by atoms with van der Waals surface area (Å²) in [4.78, 5) is 0. The summed E-state index contributed by atoms with van der Waals surface area (Å²) >= 11 is 6.17. The number of nitrogens with one attached hydrogen (secondary N) is 2. The van der Waals surface area contributed by atoms with E-state index in [1.54, 1.807) is 7.11 Å². The zero-order valence-corrected chi connectivity index (χ0v) is 11.1. The Morgan fingerprint density at radius 2 is 2.35 bits per heavy atom. The number of hydrogen-bond donors (Lipinski definition) is 2. The predicted octanol–water partition coefficient (Wildman–Crippen LogP) is 2.22. The van der Waals surface area contributed by atoms with Crippen molar-refractivity contribution in [3.05, 3.63) is 28.8 Å². The molecule has 2 atom stereocenters. The lowest BCUT2D eigenvalue weighted by Gasteiger charge is -2.23. The Morgan fingerprint density at radius 1 is 1.53 bits per heavy atom. The van der Waals surface area contributed by atoms with Crippen LogP contribution in [0.5, 0.6) is 5.75 Å². The predicted molar refractivity (Wildman–Crippen MR) is 70.8 cm³/mol. The maximum Gasteiger partial charge on any atom is 0.137 e. The average molecular weight is 255 g/mol. The number of rotatable bonds is 4. The Kier molecular flexibility index (Phi) is 4.26. The molecule has 0 spiro atoms. The van der Waals surface area contributed by atoms with Gasteiger partial charge >= 0.3 is 0 Å². The van der Waals surface area contributed by atoms with Crippen molar-refractivity contribution in [1.82, 2.24) is 10.6 Å². The monoisotopic (exact) mass is 254 g/mol. The van der Waals surface area contributed by atoms with Crippen LogP contribution in [0.2, 0.25) is 5.02 Å². The topological polar surface area (TPSA) is 33.3 Å². The van der Waals surface area contributed by atoms with Crippen molar-refractivity contribution in [2.75, 3.05) is 27.2 Å². The minimum absolute atomic E-state index is 0.355. The van der Waals surface area contributed by atoms with Gasteiger partial charge in [0, 0.05) is 6.04 Å². The van der Waals surface area contributed by atoms with Gasteiger partial charge < -0.3 is 15.4 Å². The fourth-order valence-electron chi connectivity index (χ4n) is 2.51. The number of ether oxygens (including phenoxy) is 1. The zero-order valence-electron chi connectivity index (χ0n) is 10.3. The molecule has 1 aromatic carbocycles. The molecular weight excluding hydrogens is 236 g/mol. The SMILES string of the molecule is CNC(c1ccc(OC)c(Cl)c1)C1CCNC1. The van der Waals surface area contributed by atoms with E-state index in [2.05, 4.69) is 16.7 Å². The van der Waals surface area contributed by atoms with Crippen molar-refractivity contribution in [2.45, 2.75) is 12.5 Å². The van der Waals surface area contributed by atoms with Gasteiger partial charge in [-0.05, 0) is 50.2 Å². The van der Waals surface area contributed by atoms with Gasteiger partial charge in [0.25, 0.3) is 0 Å². The van der Waals surface area contributed by atoms with E-state index in [9.17, 15) is 0 Å². The Balaban J connectivity index is 2.21. The lowest BCUT2D eigenvalue weighted by molar-refractivity contribution is 0.404. The normalized spacial score (nSPS) is 21.5. The van der Waals surface area contributed by atoms with Crippen molar-refractivity contribution in [2.24, 2.45) is 5.92 Å². The highest BCUT2D eigenvalue weighted by atomic mass is 35.5. The van der Waals surface area contributed by atoms with Crippen LogP contribution in [-0.2, 0) is 0 Å². The van der Waals surface area contributed by atoms with Gasteiger partial charge in [0.2, 0.25) is 0 Å². The third kappa shape index (κ3) is 2.73. The van der Waals surface area contributed by atoms with Gasteiger partial charge in [-0.1, -0.05) is 17.7 Å². The van der Waals surface area contributed by atoms with Crippen molar-refractivity contribution in [3.63, 3.8) is 0 Å². The lowest BCUT2D eigenvalue weighted by atomic mass is 9.92. The standard InChI is InChI=1S/C13H19ClN2O/c1-15-13(10-5-6-16-8-10)9-3-4-12(17-2)11(14)7-9/h3-4,7,10,13,15-16H,5-6,8H2,1-2H3. The van der Waals surface area contributed by atoms with Crippen LogP contribution in [0.3, 0.4) is 0 Å². The summed E-state index contributed by atoms with van der Waals surface area (Å²) in [6.07, 6.45) is 1.20. The van der Waals surface area contributed by atoms with Crippen LogP contribution in [0, 0.1) is 5.92 Å². The van der Waals surface area contributed by atoms with Gasteiger partial charge in [0.1, 0.15) is 5.75 Å². The van der Waals surface area contributed by atoms with Crippen LogP contribution in [0.25, 0.3) is 0 Å². The molecule has 1 saturated heterocycles. The smallest absolute Gasteiger partial charge is 0.137 e. The summed E-state index contributed by atoms with van der Waals surface area (Å²) < 4.78 is 5.17. The third-order valence-electron chi connectivity index (χ3n) is 3.42. The molecule has 0 radical (unpaired) electrons. The molecule has 3 nitrogen and oxygen atoms in total. The highest BCUT2D eigenvalue weighted by Gasteiger charge is 2.25. The van der Waals surface area contributed by atoms with Crippen LogP contribution >= 0.6 is 11.6 Å². The fourth-order valence-corrected chi connectivity index (χ4v) is 2.78. The summed E-state index contributed by atoms with van der Waals surface area (Å²) in [5, 5.41) is 7.46. The second kappa shape index (κ2) is 5.71. The van der Waals surface area contributed by atoms with Gasteiger partial charge in [-0.25, -0.2) is 0 Å². The maximum atomic E-state index is 6.17. The molecule has 0 bridgehead atoms. The highest BCUT2D eigenvalue weighted by Crippen LogP contribution is 2.32. The molecule has 1 aliphatic heterocycles. The molecule has 1 fully saturated rings. The molecule has 0 amide bonds. The van der Waals surface area contributed by atoms with Gasteiger partial charge in [-0.2, -0.15) is 0 Å². The molecule has 1 aromatic rings. The Hall–Kier alpha value is -0.770. The average Bonchev–Trinajstić information content (AvgIpc) is 2.84. The Bertz CT molecular complexity index is 378. The summed E-state index contributed by atoms with van der Waals surface area (Å²) in [5.41, 5.74) is 1.23. The van der Waals surface area contributed by atoms with Crippen LogP contribution in [-0.4, -0.2) is 27.2 Å². The molecule has 0 aromatic heterocycles.